The third-order valence-electron chi connectivity index (χ3n) is 6.50. The minimum absolute atomic E-state index is 0.129. The Morgan fingerprint density at radius 3 is 2.75 bits per heavy atom. The van der Waals surface area contributed by atoms with Crippen LogP contribution in [0.2, 0.25) is 0 Å². The standard InChI is InChI=1S/C18H30O2/c1-12(2)7-5-8-13(3)14-11-16-18(20-16)15(19)9-6-10-17(14,18)4/h12-14,16H,5-11H2,1-4H3/t13-,14-,16-,17-,18-/m1/s1. The molecule has 2 aliphatic carbocycles. The molecule has 1 saturated heterocycles. The van der Waals surface area contributed by atoms with Gasteiger partial charge < -0.3 is 4.74 Å². The minimum atomic E-state index is -0.345. The van der Waals surface area contributed by atoms with Crippen molar-refractivity contribution in [2.75, 3.05) is 0 Å². The summed E-state index contributed by atoms with van der Waals surface area (Å²) in [7, 11) is 0. The lowest BCUT2D eigenvalue weighted by Crippen LogP contribution is -2.48. The number of carbonyl (C=O) groups excluding carboxylic acids is 1. The van der Waals surface area contributed by atoms with Crippen LogP contribution in [0, 0.1) is 23.2 Å². The first-order chi connectivity index (χ1) is 9.42. The van der Waals surface area contributed by atoms with Crippen LogP contribution in [0.5, 0.6) is 0 Å². The molecule has 0 radical (unpaired) electrons. The van der Waals surface area contributed by atoms with Gasteiger partial charge in [0.05, 0.1) is 6.10 Å². The van der Waals surface area contributed by atoms with Gasteiger partial charge in [0.2, 0.25) is 0 Å². The van der Waals surface area contributed by atoms with Gasteiger partial charge in [-0.1, -0.05) is 47.0 Å². The normalized spacial score (nSPS) is 44.4. The van der Waals surface area contributed by atoms with Gasteiger partial charge in [-0.2, -0.15) is 0 Å². The van der Waals surface area contributed by atoms with Crippen LogP contribution < -0.4 is 0 Å². The lowest BCUT2D eigenvalue weighted by atomic mass is 9.60. The number of carbonyl (C=O) groups is 1. The minimum Gasteiger partial charge on any atom is -0.357 e. The first-order valence-corrected chi connectivity index (χ1v) is 8.63. The van der Waals surface area contributed by atoms with Crippen molar-refractivity contribution in [3.8, 4) is 0 Å². The lowest BCUT2D eigenvalue weighted by Gasteiger charge is -2.43. The van der Waals surface area contributed by atoms with E-state index in [1.165, 1.54) is 25.7 Å². The molecule has 5 atom stereocenters. The van der Waals surface area contributed by atoms with Crippen LogP contribution in [0.15, 0.2) is 0 Å². The molecular weight excluding hydrogens is 248 g/mol. The maximum atomic E-state index is 12.4. The number of ether oxygens (including phenoxy) is 1. The second-order valence-electron chi connectivity index (χ2n) is 8.18. The highest BCUT2D eigenvalue weighted by atomic mass is 16.6. The molecule has 3 rings (SSSR count). The summed E-state index contributed by atoms with van der Waals surface area (Å²) in [6.07, 6.45) is 8.38. The summed E-state index contributed by atoms with van der Waals surface area (Å²) >= 11 is 0. The molecule has 114 valence electrons. The molecule has 0 aromatic carbocycles. The smallest absolute Gasteiger partial charge is 0.167 e. The Bertz CT molecular complexity index is 402. The van der Waals surface area contributed by atoms with E-state index >= 15 is 0 Å². The van der Waals surface area contributed by atoms with Crippen LogP contribution in [0.1, 0.15) is 72.6 Å². The molecule has 0 aromatic rings. The Labute approximate surface area is 123 Å². The van der Waals surface area contributed by atoms with Gasteiger partial charge in [-0.05, 0) is 37.0 Å². The molecule has 20 heavy (non-hydrogen) atoms. The molecule has 1 aliphatic heterocycles. The van der Waals surface area contributed by atoms with Crippen molar-refractivity contribution in [2.45, 2.75) is 84.3 Å². The SMILES string of the molecule is CC(C)CCC[C@@H](C)[C@H]1C[C@H]2O[C@]23C(=O)CCC[C@]13C. The van der Waals surface area contributed by atoms with Gasteiger partial charge in [0, 0.05) is 11.8 Å². The zero-order valence-electron chi connectivity index (χ0n) is 13.6. The van der Waals surface area contributed by atoms with Crippen molar-refractivity contribution in [3.63, 3.8) is 0 Å². The van der Waals surface area contributed by atoms with E-state index in [1.807, 2.05) is 0 Å². The van der Waals surface area contributed by atoms with E-state index in [4.69, 9.17) is 4.74 Å². The third-order valence-corrected chi connectivity index (χ3v) is 6.50. The molecule has 0 amide bonds. The van der Waals surface area contributed by atoms with Gasteiger partial charge in [0.1, 0.15) is 0 Å². The van der Waals surface area contributed by atoms with Gasteiger partial charge in [-0.3, -0.25) is 4.79 Å². The van der Waals surface area contributed by atoms with E-state index in [0.29, 0.717) is 11.7 Å². The van der Waals surface area contributed by atoms with E-state index in [2.05, 4.69) is 27.7 Å². The van der Waals surface area contributed by atoms with Crippen LogP contribution in [0.4, 0.5) is 0 Å². The summed E-state index contributed by atoms with van der Waals surface area (Å²) in [5.74, 6) is 2.64. The third kappa shape index (κ3) is 1.90. The zero-order valence-corrected chi connectivity index (χ0v) is 13.6. The van der Waals surface area contributed by atoms with Crippen molar-refractivity contribution < 1.29 is 9.53 Å². The number of ketones is 1. The van der Waals surface area contributed by atoms with Gasteiger partial charge in [-0.25, -0.2) is 0 Å². The fourth-order valence-electron chi connectivity index (χ4n) is 5.32. The number of hydrogen-bond acceptors (Lipinski definition) is 2. The highest BCUT2D eigenvalue weighted by Gasteiger charge is 2.78. The Morgan fingerprint density at radius 1 is 1.30 bits per heavy atom. The van der Waals surface area contributed by atoms with E-state index < -0.39 is 0 Å². The summed E-state index contributed by atoms with van der Waals surface area (Å²) in [4.78, 5) is 12.4. The fraction of sp³-hybridized carbons (Fsp3) is 0.944. The van der Waals surface area contributed by atoms with Crippen LogP contribution >= 0.6 is 0 Å². The number of Topliss-reactive ketones (excluding diaryl/α,β-unsaturated/α-hetero) is 1. The van der Waals surface area contributed by atoms with Gasteiger partial charge in [-0.15, -0.1) is 0 Å². The molecule has 1 heterocycles. The summed E-state index contributed by atoms with van der Waals surface area (Å²) in [6.45, 7) is 9.37. The lowest BCUT2D eigenvalue weighted by molar-refractivity contribution is -0.135. The summed E-state index contributed by atoms with van der Waals surface area (Å²) in [6, 6.07) is 0. The average molecular weight is 278 g/mol. The monoisotopic (exact) mass is 278 g/mol. The van der Waals surface area contributed by atoms with E-state index in [0.717, 1.165) is 31.1 Å². The number of epoxide rings is 1. The van der Waals surface area contributed by atoms with E-state index in [-0.39, 0.29) is 17.1 Å². The quantitative estimate of drug-likeness (QED) is 0.699. The molecule has 2 nitrogen and oxygen atoms in total. The highest BCUT2D eigenvalue weighted by molar-refractivity contribution is 5.93. The maximum absolute atomic E-state index is 12.4. The fourth-order valence-corrected chi connectivity index (χ4v) is 5.32. The van der Waals surface area contributed by atoms with Crippen molar-refractivity contribution in [3.05, 3.63) is 0 Å². The van der Waals surface area contributed by atoms with Crippen LogP contribution in [0.3, 0.4) is 0 Å². The van der Waals surface area contributed by atoms with Crippen molar-refractivity contribution in [1.82, 2.24) is 0 Å². The Balaban J connectivity index is 1.68. The molecule has 2 saturated carbocycles. The number of hydrogen-bond donors (Lipinski definition) is 0. The summed E-state index contributed by atoms with van der Waals surface area (Å²) in [5, 5.41) is 0. The maximum Gasteiger partial charge on any atom is 0.167 e. The van der Waals surface area contributed by atoms with Crippen LogP contribution in [-0.2, 0) is 9.53 Å². The molecule has 1 spiro atoms. The van der Waals surface area contributed by atoms with Gasteiger partial charge in [0.15, 0.2) is 11.4 Å². The predicted molar refractivity (Wildman–Crippen MR) is 80.5 cm³/mol. The van der Waals surface area contributed by atoms with Crippen LogP contribution in [-0.4, -0.2) is 17.5 Å². The second kappa shape index (κ2) is 4.83. The summed E-state index contributed by atoms with van der Waals surface area (Å²) in [5.41, 5.74) is -0.216. The molecule has 0 bridgehead atoms. The van der Waals surface area contributed by atoms with E-state index in [9.17, 15) is 4.79 Å². The average Bonchev–Trinajstić information content (AvgIpc) is 3.03. The van der Waals surface area contributed by atoms with Gasteiger partial charge in [0.25, 0.3) is 0 Å². The van der Waals surface area contributed by atoms with Crippen molar-refractivity contribution in [2.24, 2.45) is 23.2 Å². The van der Waals surface area contributed by atoms with Crippen LogP contribution in [0.25, 0.3) is 0 Å². The van der Waals surface area contributed by atoms with E-state index in [1.54, 1.807) is 0 Å². The zero-order chi connectivity index (χ0) is 14.5. The topological polar surface area (TPSA) is 29.6 Å². The Morgan fingerprint density at radius 2 is 2.05 bits per heavy atom. The Kier molecular flexibility index (Phi) is 3.52. The predicted octanol–water partition coefficient (Wildman–Crippen LogP) is 4.37. The molecule has 0 aromatic heterocycles. The first-order valence-electron chi connectivity index (χ1n) is 8.63. The summed E-state index contributed by atoms with van der Waals surface area (Å²) < 4.78 is 5.93. The Hall–Kier alpha value is -0.370. The molecular formula is C18H30O2. The molecule has 0 N–H and O–H groups in total. The molecule has 0 unspecified atom stereocenters. The molecule has 2 heteroatoms. The highest BCUT2D eigenvalue weighted by Crippen LogP contribution is 2.69. The second-order valence-corrected chi connectivity index (χ2v) is 8.18. The first kappa shape index (κ1) is 14.6. The van der Waals surface area contributed by atoms with Gasteiger partial charge >= 0.3 is 0 Å². The van der Waals surface area contributed by atoms with Crippen molar-refractivity contribution >= 4 is 5.78 Å². The van der Waals surface area contributed by atoms with Crippen molar-refractivity contribution in [1.29, 1.82) is 0 Å². The molecule has 3 aliphatic rings. The largest absolute Gasteiger partial charge is 0.357 e. The molecule has 3 fully saturated rings. The number of rotatable bonds is 5.